The van der Waals surface area contributed by atoms with Crippen molar-refractivity contribution in [2.45, 2.75) is 54.0 Å². The molecule has 1 rings (SSSR count). The van der Waals surface area contributed by atoms with Crippen LogP contribution in [0.5, 0.6) is 0 Å². The lowest BCUT2D eigenvalue weighted by Gasteiger charge is -2.46. The van der Waals surface area contributed by atoms with E-state index in [1.165, 1.54) is 11.1 Å². The summed E-state index contributed by atoms with van der Waals surface area (Å²) in [5.74, 6) is 0. The summed E-state index contributed by atoms with van der Waals surface area (Å²) in [7, 11) is 0. The Kier molecular flexibility index (Phi) is 3.16. The van der Waals surface area contributed by atoms with E-state index in [0.29, 0.717) is 0 Å². The molecule has 0 radical (unpaired) electrons. The minimum Gasteiger partial charge on any atom is -0.327 e. The zero-order valence-corrected chi connectivity index (χ0v) is 11.0. The second kappa shape index (κ2) is 3.79. The second-order valence-electron chi connectivity index (χ2n) is 5.95. The fourth-order valence-electron chi connectivity index (χ4n) is 2.51. The Morgan fingerprint density at radius 1 is 1.27 bits per heavy atom. The molecule has 86 valence electrons. The van der Waals surface area contributed by atoms with Crippen LogP contribution in [0.4, 0.5) is 0 Å². The molecule has 0 saturated heterocycles. The Bertz CT molecular complexity index is 305. The first-order valence-electron chi connectivity index (χ1n) is 5.83. The molecule has 1 aliphatic carbocycles. The fourth-order valence-corrected chi connectivity index (χ4v) is 2.51. The highest BCUT2D eigenvalue weighted by Gasteiger charge is 2.41. The number of allylic oxidation sites excluding steroid dienone is 3. The monoisotopic (exact) mass is 207 g/mol. The number of hydrogen-bond donors (Lipinski definition) is 1. The van der Waals surface area contributed by atoms with E-state index in [1.54, 1.807) is 0 Å². The molecule has 1 heteroatoms. The Morgan fingerprint density at radius 3 is 2.27 bits per heavy atom. The Labute approximate surface area is 94.4 Å². The zero-order chi connectivity index (χ0) is 11.9. The van der Waals surface area contributed by atoms with Gasteiger partial charge in [-0.3, -0.25) is 0 Å². The average molecular weight is 207 g/mol. The van der Waals surface area contributed by atoms with Gasteiger partial charge in [-0.1, -0.05) is 45.4 Å². The highest BCUT2D eigenvalue weighted by molar-refractivity contribution is 5.37. The molecule has 0 aromatic heterocycles. The third-order valence-corrected chi connectivity index (χ3v) is 4.10. The van der Waals surface area contributed by atoms with E-state index >= 15 is 0 Å². The fraction of sp³-hybridized carbons (Fsp3) is 0.714. The van der Waals surface area contributed by atoms with Crippen LogP contribution >= 0.6 is 0 Å². The molecule has 1 aliphatic rings. The smallest absolute Gasteiger partial charge is 0.0139 e. The van der Waals surface area contributed by atoms with Gasteiger partial charge in [-0.15, -0.1) is 0 Å². The van der Waals surface area contributed by atoms with Crippen LogP contribution in [0.2, 0.25) is 0 Å². The summed E-state index contributed by atoms with van der Waals surface area (Å²) in [6, 6.07) is 0.252. The first-order chi connectivity index (χ1) is 6.73. The van der Waals surface area contributed by atoms with Crippen LogP contribution in [0.1, 0.15) is 48.0 Å². The van der Waals surface area contributed by atoms with E-state index in [-0.39, 0.29) is 16.9 Å². The molecule has 1 atom stereocenters. The molecule has 2 N–H and O–H groups in total. The molecule has 0 aromatic rings. The standard InChI is InChI=1S/C14H25N/c1-7-8-11-10(2)13(3,4)9-12(15)14(11,5)6/h7-8,12H,9,15H2,1-6H3/b8-7-. The first kappa shape index (κ1) is 12.5. The summed E-state index contributed by atoms with van der Waals surface area (Å²) >= 11 is 0. The van der Waals surface area contributed by atoms with Gasteiger partial charge in [-0.25, -0.2) is 0 Å². The predicted molar refractivity (Wildman–Crippen MR) is 67.7 cm³/mol. The third-order valence-electron chi connectivity index (χ3n) is 4.10. The summed E-state index contributed by atoms with van der Waals surface area (Å²) < 4.78 is 0. The lowest BCUT2D eigenvalue weighted by atomic mass is 9.61. The quantitative estimate of drug-likeness (QED) is 0.697. The number of rotatable bonds is 1. The first-order valence-corrected chi connectivity index (χ1v) is 5.83. The maximum atomic E-state index is 6.30. The third kappa shape index (κ3) is 2.03. The molecular formula is C14H25N. The van der Waals surface area contributed by atoms with Gasteiger partial charge in [-0.2, -0.15) is 0 Å². The molecule has 0 aliphatic heterocycles. The highest BCUT2D eigenvalue weighted by atomic mass is 14.7. The Morgan fingerprint density at radius 2 is 1.80 bits per heavy atom. The van der Waals surface area contributed by atoms with E-state index in [2.05, 4.69) is 53.7 Å². The molecule has 0 fully saturated rings. The zero-order valence-electron chi connectivity index (χ0n) is 11.0. The number of nitrogens with two attached hydrogens (primary N) is 1. The molecule has 15 heavy (non-hydrogen) atoms. The lowest BCUT2D eigenvalue weighted by Crippen LogP contribution is -2.46. The van der Waals surface area contributed by atoms with Crippen molar-refractivity contribution in [2.75, 3.05) is 0 Å². The SMILES string of the molecule is C/C=C\C1=C(C)C(C)(C)CC(N)C1(C)C. The van der Waals surface area contributed by atoms with E-state index in [1.807, 2.05) is 0 Å². The van der Waals surface area contributed by atoms with Crippen LogP contribution in [0.3, 0.4) is 0 Å². The second-order valence-corrected chi connectivity index (χ2v) is 5.95. The molecule has 0 amide bonds. The van der Waals surface area contributed by atoms with E-state index in [0.717, 1.165) is 6.42 Å². The van der Waals surface area contributed by atoms with Gasteiger partial charge in [0.25, 0.3) is 0 Å². The molecule has 0 saturated carbocycles. The van der Waals surface area contributed by atoms with E-state index in [4.69, 9.17) is 5.73 Å². The van der Waals surface area contributed by atoms with E-state index < -0.39 is 0 Å². The van der Waals surface area contributed by atoms with Crippen LogP contribution in [0.25, 0.3) is 0 Å². The van der Waals surface area contributed by atoms with Crippen molar-refractivity contribution in [3.05, 3.63) is 23.3 Å². The van der Waals surface area contributed by atoms with Crippen LogP contribution < -0.4 is 5.73 Å². The summed E-state index contributed by atoms with van der Waals surface area (Å²) in [6.07, 6.45) is 5.43. The molecule has 0 heterocycles. The van der Waals surface area contributed by atoms with Crippen LogP contribution in [0.15, 0.2) is 23.3 Å². The molecule has 0 spiro atoms. The molecule has 0 aromatic carbocycles. The van der Waals surface area contributed by atoms with Crippen molar-refractivity contribution >= 4 is 0 Å². The van der Waals surface area contributed by atoms with E-state index in [9.17, 15) is 0 Å². The number of hydrogen-bond acceptors (Lipinski definition) is 1. The van der Waals surface area contributed by atoms with Crippen molar-refractivity contribution in [1.82, 2.24) is 0 Å². The predicted octanol–water partition coefficient (Wildman–Crippen LogP) is 3.66. The largest absolute Gasteiger partial charge is 0.327 e. The van der Waals surface area contributed by atoms with Gasteiger partial charge in [0.15, 0.2) is 0 Å². The van der Waals surface area contributed by atoms with Crippen LogP contribution in [-0.2, 0) is 0 Å². The molecular weight excluding hydrogens is 182 g/mol. The van der Waals surface area contributed by atoms with Gasteiger partial charge in [0, 0.05) is 11.5 Å². The summed E-state index contributed by atoms with van der Waals surface area (Å²) in [4.78, 5) is 0. The van der Waals surface area contributed by atoms with Gasteiger partial charge in [0.05, 0.1) is 0 Å². The summed E-state index contributed by atoms with van der Waals surface area (Å²) in [5.41, 5.74) is 9.56. The van der Waals surface area contributed by atoms with Gasteiger partial charge in [0.2, 0.25) is 0 Å². The minimum atomic E-state index is 0.103. The summed E-state index contributed by atoms with van der Waals surface area (Å²) in [5, 5.41) is 0. The van der Waals surface area contributed by atoms with Crippen LogP contribution in [0, 0.1) is 10.8 Å². The van der Waals surface area contributed by atoms with Gasteiger partial charge in [-0.05, 0) is 31.3 Å². The normalized spacial score (nSPS) is 29.9. The molecule has 1 nitrogen and oxygen atoms in total. The van der Waals surface area contributed by atoms with Crippen molar-refractivity contribution in [3.63, 3.8) is 0 Å². The molecule has 0 bridgehead atoms. The molecule has 1 unspecified atom stereocenters. The lowest BCUT2D eigenvalue weighted by molar-refractivity contribution is 0.226. The minimum absolute atomic E-state index is 0.103. The maximum Gasteiger partial charge on any atom is 0.0139 e. The Hall–Kier alpha value is -0.560. The van der Waals surface area contributed by atoms with Gasteiger partial charge < -0.3 is 5.73 Å². The van der Waals surface area contributed by atoms with Crippen LogP contribution in [-0.4, -0.2) is 6.04 Å². The van der Waals surface area contributed by atoms with Gasteiger partial charge >= 0.3 is 0 Å². The summed E-state index contributed by atoms with van der Waals surface area (Å²) in [6.45, 7) is 13.4. The Balaban J connectivity index is 3.33. The van der Waals surface area contributed by atoms with Crippen molar-refractivity contribution in [2.24, 2.45) is 16.6 Å². The topological polar surface area (TPSA) is 26.0 Å². The average Bonchev–Trinajstić information content (AvgIpc) is 2.10. The maximum absolute atomic E-state index is 6.30. The van der Waals surface area contributed by atoms with Crippen molar-refractivity contribution < 1.29 is 0 Å². The van der Waals surface area contributed by atoms with Crippen molar-refractivity contribution in [1.29, 1.82) is 0 Å². The highest BCUT2D eigenvalue weighted by Crippen LogP contribution is 2.48. The van der Waals surface area contributed by atoms with Gasteiger partial charge in [0.1, 0.15) is 0 Å². The van der Waals surface area contributed by atoms with Crippen molar-refractivity contribution in [3.8, 4) is 0 Å².